The lowest BCUT2D eigenvalue weighted by molar-refractivity contribution is 0.385. The molecule has 0 atom stereocenters. The summed E-state index contributed by atoms with van der Waals surface area (Å²) in [5.41, 5.74) is 0.872. The molecule has 8 heteroatoms. The first-order chi connectivity index (χ1) is 11.0. The highest BCUT2D eigenvalue weighted by atomic mass is 35.5. The van der Waals surface area contributed by atoms with Crippen LogP contribution < -0.4 is 4.90 Å². The van der Waals surface area contributed by atoms with Gasteiger partial charge in [0.1, 0.15) is 4.90 Å². The van der Waals surface area contributed by atoms with Gasteiger partial charge in [-0.1, -0.05) is 35.3 Å². The largest absolute Gasteiger partial charge is 0.368 e. The molecular weight excluding hydrogens is 357 g/mol. The first-order valence-electron chi connectivity index (χ1n) is 7.09. The topological polar surface area (TPSA) is 53.5 Å². The van der Waals surface area contributed by atoms with Gasteiger partial charge in [0.2, 0.25) is 10.0 Å². The molecule has 1 aliphatic heterocycles. The second-order valence-corrected chi connectivity index (χ2v) is 7.87. The molecule has 2 heterocycles. The minimum atomic E-state index is -3.58. The van der Waals surface area contributed by atoms with Gasteiger partial charge in [0.05, 0.1) is 15.7 Å². The molecule has 5 nitrogen and oxygen atoms in total. The minimum Gasteiger partial charge on any atom is -0.368 e. The summed E-state index contributed by atoms with van der Waals surface area (Å²) < 4.78 is 26.9. The van der Waals surface area contributed by atoms with Crippen LogP contribution in [0, 0.1) is 0 Å². The monoisotopic (exact) mass is 371 g/mol. The molecule has 1 aromatic carbocycles. The third-order valence-corrected chi connectivity index (χ3v) is 6.47. The molecule has 0 radical (unpaired) electrons. The second-order valence-electron chi connectivity index (χ2n) is 5.15. The Kier molecular flexibility index (Phi) is 4.77. The highest BCUT2D eigenvalue weighted by molar-refractivity contribution is 7.89. The van der Waals surface area contributed by atoms with Crippen LogP contribution in [0.25, 0.3) is 0 Å². The van der Waals surface area contributed by atoms with E-state index in [1.807, 2.05) is 6.07 Å². The highest BCUT2D eigenvalue weighted by Crippen LogP contribution is 2.28. The molecule has 0 spiro atoms. The lowest BCUT2D eigenvalue weighted by Crippen LogP contribution is -2.48. The fraction of sp³-hybridized carbons (Fsp3) is 0.267. The van der Waals surface area contributed by atoms with Gasteiger partial charge in [-0.05, 0) is 18.2 Å². The van der Waals surface area contributed by atoms with Crippen molar-refractivity contribution in [1.29, 1.82) is 0 Å². The van der Waals surface area contributed by atoms with Gasteiger partial charge < -0.3 is 4.90 Å². The van der Waals surface area contributed by atoms with E-state index < -0.39 is 10.0 Å². The number of anilines is 1. The minimum absolute atomic E-state index is 0.150. The summed E-state index contributed by atoms with van der Waals surface area (Å²) in [5, 5.41) is 0.807. The number of halogens is 2. The Balaban J connectivity index is 1.77. The van der Waals surface area contributed by atoms with Crippen LogP contribution in [0.15, 0.2) is 47.6 Å². The van der Waals surface area contributed by atoms with E-state index in [4.69, 9.17) is 23.2 Å². The SMILES string of the molecule is O=S(=O)(c1ccccc1Cl)N1CCN(c2ccncc2Cl)CC1. The van der Waals surface area contributed by atoms with Crippen molar-refractivity contribution in [1.82, 2.24) is 9.29 Å². The number of aromatic nitrogens is 1. The predicted molar refractivity (Wildman–Crippen MR) is 91.7 cm³/mol. The number of pyridine rings is 1. The molecule has 0 unspecified atom stereocenters. The molecule has 23 heavy (non-hydrogen) atoms. The van der Waals surface area contributed by atoms with Crippen molar-refractivity contribution >= 4 is 38.9 Å². The number of piperazine rings is 1. The van der Waals surface area contributed by atoms with Crippen LogP contribution in [-0.4, -0.2) is 43.9 Å². The van der Waals surface area contributed by atoms with Crippen molar-refractivity contribution in [2.45, 2.75) is 4.90 Å². The summed E-state index contributed by atoms with van der Waals surface area (Å²) in [6, 6.07) is 8.34. The van der Waals surface area contributed by atoms with E-state index in [1.54, 1.807) is 30.6 Å². The lowest BCUT2D eigenvalue weighted by Gasteiger charge is -2.35. The van der Waals surface area contributed by atoms with Crippen LogP contribution in [0.5, 0.6) is 0 Å². The Morgan fingerprint density at radius 2 is 1.65 bits per heavy atom. The summed E-state index contributed by atoms with van der Waals surface area (Å²) in [6.07, 6.45) is 3.26. The van der Waals surface area contributed by atoms with Gasteiger partial charge in [-0.3, -0.25) is 4.98 Å². The standard InChI is InChI=1S/C15H15Cl2N3O2S/c16-12-3-1-2-4-15(12)23(21,22)20-9-7-19(8-10-20)14-5-6-18-11-13(14)17/h1-6,11H,7-10H2. The van der Waals surface area contributed by atoms with Crippen molar-refractivity contribution in [3.8, 4) is 0 Å². The van der Waals surface area contributed by atoms with E-state index >= 15 is 0 Å². The van der Waals surface area contributed by atoms with Crippen molar-refractivity contribution in [2.24, 2.45) is 0 Å². The van der Waals surface area contributed by atoms with Gasteiger partial charge in [-0.15, -0.1) is 0 Å². The average Bonchev–Trinajstić information content (AvgIpc) is 2.56. The zero-order valence-corrected chi connectivity index (χ0v) is 14.5. The average molecular weight is 372 g/mol. The highest BCUT2D eigenvalue weighted by Gasteiger charge is 2.30. The first-order valence-corrected chi connectivity index (χ1v) is 9.29. The van der Waals surface area contributed by atoms with Gasteiger partial charge in [-0.2, -0.15) is 4.31 Å². The molecule has 0 bridgehead atoms. The lowest BCUT2D eigenvalue weighted by atomic mass is 10.3. The van der Waals surface area contributed by atoms with Gasteiger partial charge in [0, 0.05) is 38.6 Å². The Labute approximate surface area is 145 Å². The summed E-state index contributed by atoms with van der Waals surface area (Å²) >= 11 is 12.2. The van der Waals surface area contributed by atoms with Crippen LogP contribution in [0.2, 0.25) is 10.0 Å². The molecule has 1 aliphatic rings. The zero-order chi connectivity index (χ0) is 16.4. The number of hydrogen-bond acceptors (Lipinski definition) is 4. The normalized spacial score (nSPS) is 16.5. The van der Waals surface area contributed by atoms with E-state index in [9.17, 15) is 8.42 Å². The van der Waals surface area contributed by atoms with Gasteiger partial charge in [-0.25, -0.2) is 8.42 Å². The van der Waals surface area contributed by atoms with Gasteiger partial charge in [0.15, 0.2) is 0 Å². The van der Waals surface area contributed by atoms with Crippen molar-refractivity contribution < 1.29 is 8.42 Å². The molecule has 0 amide bonds. The third kappa shape index (κ3) is 3.30. The van der Waals surface area contributed by atoms with Crippen LogP contribution in [0.4, 0.5) is 5.69 Å². The molecule has 3 rings (SSSR count). The number of nitrogens with zero attached hydrogens (tertiary/aromatic N) is 3. The Hall–Kier alpha value is -1.34. The van der Waals surface area contributed by atoms with Crippen LogP contribution >= 0.6 is 23.2 Å². The molecule has 1 saturated heterocycles. The van der Waals surface area contributed by atoms with E-state index in [-0.39, 0.29) is 9.92 Å². The van der Waals surface area contributed by atoms with E-state index in [0.29, 0.717) is 31.2 Å². The number of benzene rings is 1. The third-order valence-electron chi connectivity index (χ3n) is 3.78. The molecular formula is C15H15Cl2N3O2S. The Morgan fingerprint density at radius 1 is 0.957 bits per heavy atom. The predicted octanol–water partition coefficient (Wildman–Crippen LogP) is 2.90. The van der Waals surface area contributed by atoms with E-state index in [0.717, 1.165) is 5.69 Å². The number of rotatable bonds is 3. The van der Waals surface area contributed by atoms with Gasteiger partial charge >= 0.3 is 0 Å². The first kappa shape index (κ1) is 16.5. The Morgan fingerprint density at radius 3 is 2.30 bits per heavy atom. The van der Waals surface area contributed by atoms with Crippen LogP contribution in [0.3, 0.4) is 0 Å². The van der Waals surface area contributed by atoms with Crippen LogP contribution in [-0.2, 0) is 10.0 Å². The molecule has 122 valence electrons. The Bertz CT molecular complexity index is 806. The maximum absolute atomic E-state index is 12.7. The fourth-order valence-corrected chi connectivity index (χ4v) is 4.74. The number of hydrogen-bond donors (Lipinski definition) is 0. The maximum atomic E-state index is 12.7. The molecule has 0 N–H and O–H groups in total. The molecule has 2 aromatic rings. The maximum Gasteiger partial charge on any atom is 0.244 e. The molecule has 0 aliphatic carbocycles. The molecule has 1 fully saturated rings. The smallest absolute Gasteiger partial charge is 0.244 e. The summed E-state index contributed by atoms with van der Waals surface area (Å²) in [4.78, 5) is 6.17. The van der Waals surface area contributed by atoms with E-state index in [1.165, 1.54) is 10.4 Å². The summed E-state index contributed by atoms with van der Waals surface area (Å²) in [5.74, 6) is 0. The van der Waals surface area contributed by atoms with Crippen molar-refractivity contribution in [3.05, 3.63) is 52.8 Å². The van der Waals surface area contributed by atoms with E-state index in [2.05, 4.69) is 9.88 Å². The fourth-order valence-electron chi connectivity index (χ4n) is 2.59. The number of sulfonamides is 1. The zero-order valence-electron chi connectivity index (χ0n) is 12.2. The van der Waals surface area contributed by atoms with Crippen molar-refractivity contribution in [2.75, 3.05) is 31.1 Å². The summed E-state index contributed by atoms with van der Waals surface area (Å²) in [6.45, 7) is 1.89. The second kappa shape index (κ2) is 6.65. The van der Waals surface area contributed by atoms with Gasteiger partial charge in [0.25, 0.3) is 0 Å². The molecule has 1 aromatic heterocycles. The summed E-state index contributed by atoms with van der Waals surface area (Å²) in [7, 11) is -3.58. The molecule has 0 saturated carbocycles. The van der Waals surface area contributed by atoms with Crippen molar-refractivity contribution in [3.63, 3.8) is 0 Å². The quantitative estimate of drug-likeness (QED) is 0.832. The van der Waals surface area contributed by atoms with Crippen LogP contribution in [0.1, 0.15) is 0 Å².